The molecule has 0 aromatic heterocycles. The fraction of sp³-hybridized carbons (Fsp3) is 0.222. The molecule has 5 nitrogen and oxygen atoms in total. The lowest BCUT2D eigenvalue weighted by Gasteiger charge is -2.09. The number of halogens is 2. The van der Waals surface area contributed by atoms with Crippen LogP contribution in [0.2, 0.25) is 10.0 Å². The second-order valence-corrected chi connectivity index (χ2v) is 6.19. The van der Waals surface area contributed by atoms with Gasteiger partial charge in [-0.05, 0) is 55.3 Å². The van der Waals surface area contributed by atoms with Gasteiger partial charge in [-0.15, -0.1) is 0 Å². The predicted molar refractivity (Wildman–Crippen MR) is 97.5 cm³/mol. The summed E-state index contributed by atoms with van der Waals surface area (Å²) in [5, 5.41) is 3.75. The zero-order valence-electron chi connectivity index (χ0n) is 13.8. The van der Waals surface area contributed by atoms with Gasteiger partial charge in [0.25, 0.3) is 5.91 Å². The van der Waals surface area contributed by atoms with E-state index in [1.807, 2.05) is 13.8 Å². The first-order chi connectivity index (χ1) is 11.8. The molecular formula is C18H17Cl2NO4. The Labute approximate surface area is 155 Å². The molecule has 0 saturated carbocycles. The molecule has 132 valence electrons. The molecule has 1 amide bonds. The summed E-state index contributed by atoms with van der Waals surface area (Å²) in [6.45, 7) is 2.98. The van der Waals surface area contributed by atoms with Crippen LogP contribution < -0.4 is 10.1 Å². The number of aryl methyl sites for hydroxylation is 2. The summed E-state index contributed by atoms with van der Waals surface area (Å²) < 4.78 is 10.2. The predicted octanol–water partition coefficient (Wildman–Crippen LogP) is 4.17. The SMILES string of the molecule is Cc1cc(OCC(=O)OCC(=O)Nc2ccc(C)c(Cl)c2)ccc1Cl. The molecule has 0 unspecified atom stereocenters. The number of nitrogens with one attached hydrogen (secondary N) is 1. The Morgan fingerprint density at radius 3 is 2.40 bits per heavy atom. The van der Waals surface area contributed by atoms with Crippen LogP contribution in [0.5, 0.6) is 5.75 Å². The van der Waals surface area contributed by atoms with E-state index in [1.165, 1.54) is 0 Å². The first-order valence-corrected chi connectivity index (χ1v) is 8.21. The van der Waals surface area contributed by atoms with Gasteiger partial charge in [0.15, 0.2) is 13.2 Å². The van der Waals surface area contributed by atoms with E-state index >= 15 is 0 Å². The van der Waals surface area contributed by atoms with Gasteiger partial charge in [0.05, 0.1) is 0 Å². The van der Waals surface area contributed by atoms with E-state index in [0.717, 1.165) is 11.1 Å². The average molecular weight is 382 g/mol. The summed E-state index contributed by atoms with van der Waals surface area (Å²) in [7, 11) is 0. The molecule has 1 N–H and O–H groups in total. The highest BCUT2D eigenvalue weighted by molar-refractivity contribution is 6.31. The molecule has 2 rings (SSSR count). The number of anilines is 1. The zero-order valence-corrected chi connectivity index (χ0v) is 15.3. The number of hydrogen-bond acceptors (Lipinski definition) is 4. The van der Waals surface area contributed by atoms with Crippen molar-refractivity contribution >= 4 is 40.8 Å². The minimum absolute atomic E-state index is 0.301. The number of ether oxygens (including phenoxy) is 2. The summed E-state index contributed by atoms with van der Waals surface area (Å²) in [6, 6.07) is 10.2. The molecule has 7 heteroatoms. The number of esters is 1. The van der Waals surface area contributed by atoms with Gasteiger partial charge in [-0.25, -0.2) is 4.79 Å². The maximum absolute atomic E-state index is 11.8. The van der Waals surface area contributed by atoms with E-state index < -0.39 is 18.5 Å². The van der Waals surface area contributed by atoms with Gasteiger partial charge in [-0.1, -0.05) is 29.3 Å². The first-order valence-electron chi connectivity index (χ1n) is 7.45. The molecule has 0 bridgehead atoms. The molecule has 0 aliphatic rings. The molecular weight excluding hydrogens is 365 g/mol. The van der Waals surface area contributed by atoms with Gasteiger partial charge < -0.3 is 14.8 Å². The molecule has 0 aliphatic carbocycles. The van der Waals surface area contributed by atoms with E-state index in [2.05, 4.69) is 5.32 Å². The van der Waals surface area contributed by atoms with Crippen molar-refractivity contribution in [2.24, 2.45) is 0 Å². The Balaban J connectivity index is 1.76. The number of carbonyl (C=O) groups excluding carboxylic acids is 2. The van der Waals surface area contributed by atoms with Crippen molar-refractivity contribution in [1.82, 2.24) is 0 Å². The third kappa shape index (κ3) is 5.96. The minimum Gasteiger partial charge on any atom is -0.482 e. The topological polar surface area (TPSA) is 64.6 Å². The van der Waals surface area contributed by atoms with Crippen LogP contribution in [0, 0.1) is 13.8 Å². The zero-order chi connectivity index (χ0) is 18.4. The van der Waals surface area contributed by atoms with Gasteiger partial charge in [0.2, 0.25) is 0 Å². The van der Waals surface area contributed by atoms with Crippen LogP contribution in [0.1, 0.15) is 11.1 Å². The lowest BCUT2D eigenvalue weighted by atomic mass is 10.2. The van der Waals surface area contributed by atoms with Gasteiger partial charge in [0.1, 0.15) is 5.75 Å². The highest BCUT2D eigenvalue weighted by Gasteiger charge is 2.10. The van der Waals surface area contributed by atoms with Crippen molar-refractivity contribution in [2.75, 3.05) is 18.5 Å². The van der Waals surface area contributed by atoms with Crippen LogP contribution in [0.3, 0.4) is 0 Å². The van der Waals surface area contributed by atoms with E-state index in [-0.39, 0.29) is 6.61 Å². The van der Waals surface area contributed by atoms with Gasteiger partial charge >= 0.3 is 5.97 Å². The Morgan fingerprint density at radius 1 is 0.960 bits per heavy atom. The van der Waals surface area contributed by atoms with Gasteiger partial charge in [-0.3, -0.25) is 4.79 Å². The highest BCUT2D eigenvalue weighted by Crippen LogP contribution is 2.21. The largest absolute Gasteiger partial charge is 0.482 e. The minimum atomic E-state index is -0.648. The van der Waals surface area contributed by atoms with Crippen LogP contribution in [0.15, 0.2) is 36.4 Å². The highest BCUT2D eigenvalue weighted by atomic mass is 35.5. The summed E-state index contributed by atoms with van der Waals surface area (Å²) >= 11 is 11.9. The van der Waals surface area contributed by atoms with Gasteiger partial charge in [0, 0.05) is 15.7 Å². The molecule has 0 spiro atoms. The Morgan fingerprint density at radius 2 is 1.72 bits per heavy atom. The van der Waals surface area contributed by atoms with Crippen LogP contribution in [0.25, 0.3) is 0 Å². The van der Waals surface area contributed by atoms with Crippen molar-refractivity contribution in [3.63, 3.8) is 0 Å². The first kappa shape index (κ1) is 19.1. The maximum atomic E-state index is 11.8. The third-order valence-corrected chi connectivity index (χ3v) is 4.14. The van der Waals surface area contributed by atoms with Crippen molar-refractivity contribution < 1.29 is 19.1 Å². The third-order valence-electron chi connectivity index (χ3n) is 3.31. The summed E-state index contributed by atoms with van der Waals surface area (Å²) in [5.74, 6) is -0.613. The monoisotopic (exact) mass is 381 g/mol. The maximum Gasteiger partial charge on any atom is 0.344 e. The lowest BCUT2D eigenvalue weighted by Crippen LogP contribution is -2.23. The van der Waals surface area contributed by atoms with E-state index in [0.29, 0.717) is 21.5 Å². The van der Waals surface area contributed by atoms with Gasteiger partial charge in [-0.2, -0.15) is 0 Å². The van der Waals surface area contributed by atoms with E-state index in [1.54, 1.807) is 36.4 Å². The second-order valence-electron chi connectivity index (χ2n) is 5.37. The Hall–Kier alpha value is -2.24. The average Bonchev–Trinajstić information content (AvgIpc) is 2.57. The number of hydrogen-bond donors (Lipinski definition) is 1. The molecule has 2 aromatic rings. The van der Waals surface area contributed by atoms with Crippen molar-refractivity contribution in [3.05, 3.63) is 57.6 Å². The van der Waals surface area contributed by atoms with Crippen molar-refractivity contribution in [1.29, 1.82) is 0 Å². The Kier molecular flexibility index (Phi) is 6.67. The van der Waals surface area contributed by atoms with Crippen LogP contribution in [-0.4, -0.2) is 25.1 Å². The summed E-state index contributed by atoms with van der Waals surface area (Å²) in [6.07, 6.45) is 0. The fourth-order valence-corrected chi connectivity index (χ4v) is 2.20. The van der Waals surface area contributed by atoms with E-state index in [4.69, 9.17) is 32.7 Å². The van der Waals surface area contributed by atoms with Crippen LogP contribution in [-0.2, 0) is 14.3 Å². The Bertz CT molecular complexity index is 793. The van der Waals surface area contributed by atoms with Crippen molar-refractivity contribution in [3.8, 4) is 5.75 Å². The molecule has 0 atom stereocenters. The molecule has 0 fully saturated rings. The standard InChI is InChI=1S/C18H17Cl2NO4/c1-11-3-4-13(8-16(11)20)21-17(22)9-25-18(23)10-24-14-5-6-15(19)12(2)7-14/h3-8H,9-10H2,1-2H3,(H,21,22). The summed E-state index contributed by atoms with van der Waals surface area (Å²) in [4.78, 5) is 23.4. The number of amides is 1. The number of rotatable bonds is 6. The summed E-state index contributed by atoms with van der Waals surface area (Å²) in [5.41, 5.74) is 2.27. The van der Waals surface area contributed by atoms with Crippen molar-refractivity contribution in [2.45, 2.75) is 13.8 Å². The molecule has 0 heterocycles. The van der Waals surface area contributed by atoms with E-state index in [9.17, 15) is 9.59 Å². The smallest absolute Gasteiger partial charge is 0.344 e. The second kappa shape index (κ2) is 8.74. The number of benzene rings is 2. The quantitative estimate of drug-likeness (QED) is 0.762. The van der Waals surface area contributed by atoms with Crippen LogP contribution >= 0.6 is 23.2 Å². The molecule has 0 radical (unpaired) electrons. The molecule has 0 aliphatic heterocycles. The normalized spacial score (nSPS) is 10.2. The number of carbonyl (C=O) groups is 2. The van der Waals surface area contributed by atoms with Crippen LogP contribution in [0.4, 0.5) is 5.69 Å². The molecule has 2 aromatic carbocycles. The fourth-order valence-electron chi connectivity index (χ4n) is 1.90. The molecule has 0 saturated heterocycles. The lowest BCUT2D eigenvalue weighted by molar-refractivity contribution is -0.149. The molecule has 25 heavy (non-hydrogen) atoms.